The highest BCUT2D eigenvalue weighted by Crippen LogP contribution is 2.38. The van der Waals surface area contributed by atoms with E-state index < -0.39 is 0 Å². The second-order valence-corrected chi connectivity index (χ2v) is 5.88. The molecule has 0 saturated heterocycles. The standard InChI is InChI=1S/C21H18N2O5/c1-26-18-8-13(9-19(27-2)21(18)28-3)20(25)17-7-5-14-15(10-22)12(11-24)4-6-16(14)23-17/h4-9,24H,11H2,1-3H3. The summed E-state index contributed by atoms with van der Waals surface area (Å²) in [6.45, 7) is -0.245. The lowest BCUT2D eigenvalue weighted by atomic mass is 10.0. The van der Waals surface area contributed by atoms with Crippen LogP contribution in [0.2, 0.25) is 0 Å². The number of benzene rings is 2. The maximum Gasteiger partial charge on any atom is 0.211 e. The maximum absolute atomic E-state index is 13.0. The van der Waals surface area contributed by atoms with Crippen molar-refractivity contribution in [3.8, 4) is 23.3 Å². The lowest BCUT2D eigenvalue weighted by Crippen LogP contribution is -2.06. The Kier molecular flexibility index (Phi) is 5.43. The van der Waals surface area contributed by atoms with Crippen LogP contribution in [0.15, 0.2) is 36.4 Å². The molecule has 0 atom stereocenters. The Hall–Kier alpha value is -3.63. The second kappa shape index (κ2) is 7.94. The minimum atomic E-state index is -0.328. The van der Waals surface area contributed by atoms with Gasteiger partial charge in [-0.25, -0.2) is 4.98 Å². The monoisotopic (exact) mass is 378 g/mol. The van der Waals surface area contributed by atoms with Crippen LogP contribution in [0.4, 0.5) is 0 Å². The number of methoxy groups -OCH3 is 3. The molecule has 1 N–H and O–H groups in total. The molecule has 0 aliphatic heterocycles. The molecule has 1 heterocycles. The van der Waals surface area contributed by atoms with Crippen molar-refractivity contribution in [3.63, 3.8) is 0 Å². The van der Waals surface area contributed by atoms with E-state index in [1.807, 2.05) is 0 Å². The number of hydrogen-bond acceptors (Lipinski definition) is 7. The Morgan fingerprint density at radius 3 is 2.29 bits per heavy atom. The summed E-state index contributed by atoms with van der Waals surface area (Å²) in [5.74, 6) is 0.796. The van der Waals surface area contributed by atoms with E-state index in [9.17, 15) is 15.2 Å². The summed E-state index contributed by atoms with van der Waals surface area (Å²) in [4.78, 5) is 17.4. The van der Waals surface area contributed by atoms with Crippen LogP contribution in [0.5, 0.6) is 17.2 Å². The van der Waals surface area contributed by atoms with E-state index in [1.165, 1.54) is 21.3 Å². The number of fused-ring (bicyclic) bond motifs is 1. The molecule has 142 valence electrons. The SMILES string of the molecule is COc1cc(C(=O)c2ccc3c(C#N)c(CO)ccc3n2)cc(OC)c1OC. The number of aliphatic hydroxyl groups excluding tert-OH is 1. The molecule has 0 aliphatic carbocycles. The van der Waals surface area contributed by atoms with Crippen molar-refractivity contribution in [2.75, 3.05) is 21.3 Å². The normalized spacial score (nSPS) is 10.4. The fraction of sp³-hybridized carbons (Fsp3) is 0.190. The molecule has 1 aromatic heterocycles. The van der Waals surface area contributed by atoms with Crippen molar-refractivity contribution in [2.45, 2.75) is 6.61 Å². The molecule has 28 heavy (non-hydrogen) atoms. The number of hydrogen-bond donors (Lipinski definition) is 1. The molecule has 0 amide bonds. The summed E-state index contributed by atoms with van der Waals surface area (Å²) >= 11 is 0. The molecule has 0 bridgehead atoms. The van der Waals surface area contributed by atoms with E-state index >= 15 is 0 Å². The summed E-state index contributed by atoms with van der Waals surface area (Å²) < 4.78 is 15.9. The molecule has 7 nitrogen and oxygen atoms in total. The number of ether oxygens (including phenoxy) is 3. The number of nitrogens with zero attached hydrogens (tertiary/aromatic N) is 2. The molecule has 0 unspecified atom stereocenters. The van der Waals surface area contributed by atoms with Crippen molar-refractivity contribution in [1.82, 2.24) is 4.98 Å². The van der Waals surface area contributed by atoms with Gasteiger partial charge in [-0.3, -0.25) is 4.79 Å². The maximum atomic E-state index is 13.0. The van der Waals surface area contributed by atoms with Gasteiger partial charge < -0.3 is 19.3 Å². The highest BCUT2D eigenvalue weighted by molar-refractivity contribution is 6.09. The average molecular weight is 378 g/mol. The zero-order chi connectivity index (χ0) is 20.3. The number of nitriles is 1. The Balaban J connectivity index is 2.10. The second-order valence-electron chi connectivity index (χ2n) is 5.88. The third kappa shape index (κ3) is 3.21. The third-order valence-corrected chi connectivity index (χ3v) is 4.40. The van der Waals surface area contributed by atoms with E-state index in [4.69, 9.17) is 14.2 Å². The number of pyridine rings is 1. The quantitative estimate of drug-likeness (QED) is 0.658. The van der Waals surface area contributed by atoms with Crippen LogP contribution in [0, 0.1) is 11.3 Å². The van der Waals surface area contributed by atoms with Crippen LogP contribution in [0.25, 0.3) is 10.9 Å². The lowest BCUT2D eigenvalue weighted by molar-refractivity contribution is 0.103. The van der Waals surface area contributed by atoms with Gasteiger partial charge in [0.25, 0.3) is 0 Å². The fourth-order valence-electron chi connectivity index (χ4n) is 3.00. The van der Waals surface area contributed by atoms with Crippen molar-refractivity contribution in [2.24, 2.45) is 0 Å². The van der Waals surface area contributed by atoms with E-state index in [0.29, 0.717) is 44.8 Å². The van der Waals surface area contributed by atoms with Crippen LogP contribution in [0.3, 0.4) is 0 Å². The van der Waals surface area contributed by atoms with E-state index in [2.05, 4.69) is 11.1 Å². The zero-order valence-electron chi connectivity index (χ0n) is 15.6. The van der Waals surface area contributed by atoms with Crippen molar-refractivity contribution >= 4 is 16.7 Å². The Bertz CT molecular complexity index is 1080. The van der Waals surface area contributed by atoms with Gasteiger partial charge in [0.15, 0.2) is 11.5 Å². The van der Waals surface area contributed by atoms with Crippen molar-refractivity contribution < 1.29 is 24.1 Å². The molecule has 7 heteroatoms. The first-order valence-electron chi connectivity index (χ1n) is 8.36. The predicted octanol–water partition coefficient (Wildman–Crippen LogP) is 2.86. The molecule has 2 aromatic carbocycles. The topological polar surface area (TPSA) is 102 Å². The molecule has 0 radical (unpaired) electrons. The zero-order valence-corrected chi connectivity index (χ0v) is 15.6. The van der Waals surface area contributed by atoms with Gasteiger partial charge >= 0.3 is 0 Å². The van der Waals surface area contributed by atoms with Crippen molar-refractivity contribution in [1.29, 1.82) is 5.26 Å². The smallest absolute Gasteiger partial charge is 0.211 e. The van der Waals surface area contributed by atoms with Gasteiger partial charge in [0, 0.05) is 10.9 Å². The van der Waals surface area contributed by atoms with E-state index in [0.717, 1.165) is 0 Å². The third-order valence-electron chi connectivity index (χ3n) is 4.40. The van der Waals surface area contributed by atoms with Crippen LogP contribution in [-0.4, -0.2) is 37.2 Å². The fourth-order valence-corrected chi connectivity index (χ4v) is 3.00. The van der Waals surface area contributed by atoms with Gasteiger partial charge in [-0.2, -0.15) is 5.26 Å². The van der Waals surface area contributed by atoms with Gasteiger partial charge in [-0.1, -0.05) is 6.07 Å². The van der Waals surface area contributed by atoms with E-state index in [-0.39, 0.29) is 18.1 Å². The molecule has 3 rings (SSSR count). The Morgan fingerprint density at radius 1 is 1.07 bits per heavy atom. The summed E-state index contributed by atoms with van der Waals surface area (Å²) in [5.41, 5.74) is 1.89. The number of aromatic nitrogens is 1. The molecule has 0 aliphatic rings. The van der Waals surface area contributed by atoms with E-state index in [1.54, 1.807) is 36.4 Å². The number of aliphatic hydroxyl groups is 1. The van der Waals surface area contributed by atoms with Crippen LogP contribution < -0.4 is 14.2 Å². The minimum Gasteiger partial charge on any atom is -0.493 e. The van der Waals surface area contributed by atoms with Crippen LogP contribution in [-0.2, 0) is 6.61 Å². The lowest BCUT2D eigenvalue weighted by Gasteiger charge is -2.13. The molecule has 0 spiro atoms. The van der Waals surface area contributed by atoms with Crippen LogP contribution in [0.1, 0.15) is 27.2 Å². The number of rotatable bonds is 6. The number of ketones is 1. The van der Waals surface area contributed by atoms with Gasteiger partial charge in [-0.15, -0.1) is 0 Å². The highest BCUT2D eigenvalue weighted by Gasteiger charge is 2.19. The molecule has 0 fully saturated rings. The first kappa shape index (κ1) is 19.1. The number of carbonyl (C=O) groups excluding carboxylic acids is 1. The molecule has 3 aromatic rings. The molecule has 0 saturated carbocycles. The largest absolute Gasteiger partial charge is 0.493 e. The van der Waals surface area contributed by atoms with Crippen LogP contribution >= 0.6 is 0 Å². The summed E-state index contributed by atoms with van der Waals surface area (Å²) in [6.07, 6.45) is 0. The average Bonchev–Trinajstić information content (AvgIpc) is 2.75. The Labute approximate surface area is 161 Å². The summed E-state index contributed by atoms with van der Waals surface area (Å²) in [6, 6.07) is 11.7. The highest BCUT2D eigenvalue weighted by atomic mass is 16.5. The first-order chi connectivity index (χ1) is 13.6. The molecular weight excluding hydrogens is 360 g/mol. The summed E-state index contributed by atoms with van der Waals surface area (Å²) in [7, 11) is 4.43. The van der Waals surface area contributed by atoms with Gasteiger partial charge in [0.05, 0.1) is 39.0 Å². The molecular formula is C21H18N2O5. The first-order valence-corrected chi connectivity index (χ1v) is 8.36. The van der Waals surface area contributed by atoms with Gasteiger partial charge in [-0.05, 0) is 35.9 Å². The minimum absolute atomic E-state index is 0.211. The Morgan fingerprint density at radius 2 is 1.75 bits per heavy atom. The van der Waals surface area contributed by atoms with Gasteiger partial charge in [0.1, 0.15) is 11.8 Å². The predicted molar refractivity (Wildman–Crippen MR) is 102 cm³/mol. The van der Waals surface area contributed by atoms with Crippen molar-refractivity contribution in [3.05, 3.63) is 58.8 Å². The number of carbonyl (C=O) groups is 1. The van der Waals surface area contributed by atoms with Gasteiger partial charge in [0.2, 0.25) is 11.5 Å². The summed E-state index contributed by atoms with van der Waals surface area (Å²) in [5, 5.41) is 19.3.